The number of ether oxygens (including phenoxy) is 2. The number of rotatable bonds is 2. The molecule has 2 aliphatic heterocycles. The Bertz CT molecular complexity index is 511. The molecule has 3 N–H and O–H groups in total. The molecule has 3 rings (SSSR count). The number of hydrogen-bond acceptors (Lipinski definition) is 5. The molecule has 1 aliphatic carbocycles. The Morgan fingerprint density at radius 1 is 1.39 bits per heavy atom. The second-order valence-electron chi connectivity index (χ2n) is 5.03. The molecule has 1 saturated heterocycles. The van der Waals surface area contributed by atoms with E-state index >= 15 is 0 Å². The van der Waals surface area contributed by atoms with Gasteiger partial charge in [-0.05, 0) is 6.42 Å². The zero-order valence-corrected chi connectivity index (χ0v) is 10.2. The summed E-state index contributed by atoms with van der Waals surface area (Å²) in [6.07, 6.45) is 1.65. The van der Waals surface area contributed by atoms with Crippen molar-refractivity contribution in [2.24, 2.45) is 22.5 Å². The van der Waals surface area contributed by atoms with Crippen LogP contribution in [-0.4, -0.2) is 25.0 Å². The third-order valence-electron chi connectivity index (χ3n) is 4.45. The van der Waals surface area contributed by atoms with Gasteiger partial charge in [-0.1, -0.05) is 13.3 Å². The Balaban J connectivity index is 2.14. The van der Waals surface area contributed by atoms with E-state index in [9.17, 15) is 10.5 Å². The highest BCUT2D eigenvalue weighted by atomic mass is 16.8. The first-order valence-corrected chi connectivity index (χ1v) is 6.16. The zero-order valence-electron chi connectivity index (χ0n) is 10.2. The largest absolute Gasteiger partial charge is 0.343 e. The number of nitrogens with zero attached hydrogens (tertiary/aromatic N) is 2. The normalized spacial score (nSPS) is 43.1. The molecule has 1 spiro atoms. The maximum atomic E-state index is 9.63. The Labute approximate surface area is 105 Å². The fraction of sp³-hybridized carbons (Fsp3) is 0.750. The molecule has 2 fully saturated rings. The molecule has 0 radical (unpaired) electrons. The lowest BCUT2D eigenvalue weighted by molar-refractivity contribution is -0.677. The lowest BCUT2D eigenvalue weighted by Crippen LogP contribution is -2.90. The number of fused-ring (bicyclic) bond motifs is 2. The maximum Gasteiger partial charge on any atom is 0.343 e. The van der Waals surface area contributed by atoms with Crippen LogP contribution in [0, 0.1) is 39.4 Å². The molecule has 0 unspecified atom stereocenters. The van der Waals surface area contributed by atoms with Crippen LogP contribution in [0.2, 0.25) is 0 Å². The quantitative estimate of drug-likeness (QED) is 0.623. The number of nitriles is 2. The van der Waals surface area contributed by atoms with Crippen molar-refractivity contribution in [3.8, 4) is 12.1 Å². The monoisotopic (exact) mass is 247 g/mol. The first kappa shape index (κ1) is 11.5. The molecule has 3 atom stereocenters. The van der Waals surface area contributed by atoms with Crippen LogP contribution >= 0.6 is 0 Å². The van der Waals surface area contributed by atoms with E-state index in [1.165, 1.54) is 0 Å². The summed E-state index contributed by atoms with van der Waals surface area (Å²) < 4.78 is 11.2. The predicted molar refractivity (Wildman–Crippen MR) is 59.3 cm³/mol. The summed E-state index contributed by atoms with van der Waals surface area (Å²) in [7, 11) is 0. The second kappa shape index (κ2) is 3.23. The van der Waals surface area contributed by atoms with Gasteiger partial charge in [-0.25, -0.2) is 4.99 Å². The molecular formula is C12H15N4O2+. The number of nitrogens with one attached hydrogen (secondary N) is 1. The van der Waals surface area contributed by atoms with Crippen LogP contribution in [0.5, 0.6) is 0 Å². The zero-order chi connectivity index (χ0) is 13.0. The van der Waals surface area contributed by atoms with Gasteiger partial charge in [0.15, 0.2) is 10.8 Å². The van der Waals surface area contributed by atoms with Gasteiger partial charge in [0.05, 0.1) is 25.4 Å². The van der Waals surface area contributed by atoms with E-state index in [-0.39, 0.29) is 5.92 Å². The molecule has 94 valence electrons. The van der Waals surface area contributed by atoms with E-state index in [0.717, 1.165) is 12.8 Å². The van der Waals surface area contributed by atoms with Crippen molar-refractivity contribution >= 4 is 5.84 Å². The van der Waals surface area contributed by atoms with Crippen LogP contribution in [-0.2, 0) is 9.47 Å². The third kappa shape index (κ3) is 0.838. The molecule has 0 aromatic rings. The van der Waals surface area contributed by atoms with Gasteiger partial charge in [0.25, 0.3) is 5.84 Å². The molecule has 6 nitrogen and oxygen atoms in total. The lowest BCUT2D eigenvalue weighted by atomic mass is 9.94. The highest BCUT2D eigenvalue weighted by molar-refractivity contribution is 5.93. The standard InChI is InChI=1S/C12H14N4O2/c1-2-3-8-10(6-13)9(15)16-12(11(8,10)7-14)17-4-5-18-12/h8H,2-5H2,1H3,(H2,15,16)/p+1/t8-,10+,11+/m0/s1. The van der Waals surface area contributed by atoms with Crippen molar-refractivity contribution < 1.29 is 14.5 Å². The Morgan fingerprint density at radius 2 is 2.06 bits per heavy atom. The van der Waals surface area contributed by atoms with Gasteiger partial charge >= 0.3 is 5.91 Å². The third-order valence-corrected chi connectivity index (χ3v) is 4.45. The molecule has 0 aromatic heterocycles. The van der Waals surface area contributed by atoms with Gasteiger partial charge in [-0.3, -0.25) is 5.73 Å². The van der Waals surface area contributed by atoms with E-state index in [1.54, 1.807) is 0 Å². The minimum absolute atomic E-state index is 0.121. The Hall–Kier alpha value is -1.63. The summed E-state index contributed by atoms with van der Waals surface area (Å²) >= 11 is 0. The molecule has 0 amide bonds. The van der Waals surface area contributed by atoms with Crippen molar-refractivity contribution in [3.63, 3.8) is 0 Å². The average Bonchev–Trinajstić information content (AvgIpc) is 2.65. The van der Waals surface area contributed by atoms with Crippen LogP contribution in [0.1, 0.15) is 19.8 Å². The second-order valence-corrected chi connectivity index (χ2v) is 5.03. The molecule has 2 heterocycles. The fourth-order valence-corrected chi connectivity index (χ4v) is 3.72. The molecule has 18 heavy (non-hydrogen) atoms. The SMILES string of the molecule is CCC[C@H]1[C@]2(C#N)C(N)=[NH+]C3(OCCO3)[C@]12C#N. The first-order valence-electron chi connectivity index (χ1n) is 6.16. The van der Waals surface area contributed by atoms with Crippen molar-refractivity contribution in [2.75, 3.05) is 13.2 Å². The summed E-state index contributed by atoms with van der Waals surface area (Å²) in [5.74, 6) is -1.03. The molecule has 0 aromatic carbocycles. The summed E-state index contributed by atoms with van der Waals surface area (Å²) in [6.45, 7) is 2.84. The molecule has 0 bridgehead atoms. The molecule has 3 aliphatic rings. The molecular weight excluding hydrogens is 232 g/mol. The average molecular weight is 247 g/mol. The van der Waals surface area contributed by atoms with E-state index in [4.69, 9.17) is 15.2 Å². The highest BCUT2D eigenvalue weighted by Gasteiger charge is 2.96. The lowest BCUT2D eigenvalue weighted by Gasteiger charge is -2.23. The van der Waals surface area contributed by atoms with Gasteiger partial charge in [-0.15, -0.1) is 0 Å². The smallest absolute Gasteiger partial charge is 0.311 e. The van der Waals surface area contributed by atoms with Crippen LogP contribution in [0.25, 0.3) is 0 Å². The maximum absolute atomic E-state index is 9.63. The summed E-state index contributed by atoms with van der Waals surface area (Å²) in [5, 5.41) is 19.2. The van der Waals surface area contributed by atoms with E-state index in [0.29, 0.717) is 19.0 Å². The topological polar surface area (TPSA) is 106 Å². The Kier molecular flexibility index (Phi) is 2.05. The van der Waals surface area contributed by atoms with Gasteiger partial charge in [0.2, 0.25) is 0 Å². The highest BCUT2D eigenvalue weighted by Crippen LogP contribution is 2.75. The van der Waals surface area contributed by atoms with Crippen molar-refractivity contribution in [3.05, 3.63) is 0 Å². The first-order chi connectivity index (χ1) is 8.65. The molecule has 6 heteroatoms. The van der Waals surface area contributed by atoms with Gasteiger partial charge in [-0.2, -0.15) is 10.5 Å². The number of nitrogens with two attached hydrogens (primary N) is 1. The van der Waals surface area contributed by atoms with Crippen LogP contribution in [0.15, 0.2) is 0 Å². The van der Waals surface area contributed by atoms with Crippen molar-refractivity contribution in [1.29, 1.82) is 10.5 Å². The Morgan fingerprint density at radius 3 is 2.56 bits per heavy atom. The van der Waals surface area contributed by atoms with E-state index in [2.05, 4.69) is 17.1 Å². The molecule has 1 saturated carbocycles. The van der Waals surface area contributed by atoms with Gasteiger partial charge in [0, 0.05) is 5.92 Å². The minimum Gasteiger partial charge on any atom is -0.311 e. The van der Waals surface area contributed by atoms with Crippen LogP contribution in [0.3, 0.4) is 0 Å². The van der Waals surface area contributed by atoms with Gasteiger partial charge in [0.1, 0.15) is 0 Å². The van der Waals surface area contributed by atoms with Crippen LogP contribution < -0.4 is 10.7 Å². The van der Waals surface area contributed by atoms with Crippen molar-refractivity contribution in [2.45, 2.75) is 25.7 Å². The summed E-state index contributed by atoms with van der Waals surface area (Å²) in [4.78, 5) is 2.91. The minimum atomic E-state index is -1.22. The number of hydrogen-bond donors (Lipinski definition) is 2. The van der Waals surface area contributed by atoms with Crippen LogP contribution in [0.4, 0.5) is 0 Å². The summed E-state index contributed by atoms with van der Waals surface area (Å²) in [6, 6.07) is 4.50. The van der Waals surface area contributed by atoms with Crippen molar-refractivity contribution in [1.82, 2.24) is 0 Å². The number of amidine groups is 1. The predicted octanol–water partition coefficient (Wildman–Crippen LogP) is -1.41. The summed E-state index contributed by atoms with van der Waals surface area (Å²) in [5.41, 5.74) is 3.99. The fourth-order valence-electron chi connectivity index (χ4n) is 3.72. The van der Waals surface area contributed by atoms with Gasteiger partial charge < -0.3 is 9.47 Å². The van der Waals surface area contributed by atoms with E-state index in [1.807, 2.05) is 6.92 Å². The van der Waals surface area contributed by atoms with E-state index < -0.39 is 16.7 Å².